The zero-order chi connectivity index (χ0) is 57.9. The van der Waals surface area contributed by atoms with Crippen LogP contribution in [0.5, 0.6) is 0 Å². The van der Waals surface area contributed by atoms with Crippen LogP contribution < -0.4 is 5.32 Å². The number of nitrogens with one attached hydrogen (secondary N) is 1. The number of likely N-dealkylation sites (N-methyl/N-ethyl adjacent to an activating group) is 1. The Morgan fingerprint density at radius 3 is 1.19 bits per heavy atom. The maximum absolute atomic E-state index is 13.6. The van der Waals surface area contributed by atoms with Crippen LogP contribution in [0.1, 0.15) is 303 Å². The van der Waals surface area contributed by atoms with Crippen LogP contribution in [0, 0.1) is 0 Å². The summed E-state index contributed by atoms with van der Waals surface area (Å²) in [7, 11) is 1.49. The molecular formula is C69H128N2O7P+. The first-order valence-electron chi connectivity index (χ1n) is 33.3. The fraction of sp³-hybridized carbons (Fsp3) is 0.797. The molecule has 460 valence electrons. The summed E-state index contributed by atoms with van der Waals surface area (Å²) >= 11 is 0. The molecule has 0 aliphatic heterocycles. The number of ether oxygens (including phenoxy) is 1. The highest BCUT2D eigenvalue weighted by atomic mass is 31.2. The normalized spacial score (nSPS) is 14.1. The SMILES string of the molecule is CCCCC/C=C\C/C=C\C/C=C\C/C=C\CCCCCCCCCC(=O)OC(/C=C\CCCCCCCCCCCCC)C(COP(=O)(O)OCC[N+](C)(C)C)NC(=O)CCCCCCCCC/C=C/CCCCCCCC. The van der Waals surface area contributed by atoms with Gasteiger partial charge in [0.2, 0.25) is 5.91 Å². The van der Waals surface area contributed by atoms with E-state index >= 15 is 0 Å². The van der Waals surface area contributed by atoms with Gasteiger partial charge < -0.3 is 19.4 Å². The van der Waals surface area contributed by atoms with Crippen LogP contribution >= 0.6 is 7.82 Å². The quantitative estimate of drug-likeness (QED) is 0.0205. The number of allylic oxidation sites excluding steroid dienone is 11. The van der Waals surface area contributed by atoms with Gasteiger partial charge in [-0.25, -0.2) is 4.57 Å². The molecule has 0 rings (SSSR count). The summed E-state index contributed by atoms with van der Waals surface area (Å²) in [6.45, 7) is 6.99. The molecule has 0 aliphatic rings. The van der Waals surface area contributed by atoms with Crippen molar-refractivity contribution in [2.45, 2.75) is 315 Å². The lowest BCUT2D eigenvalue weighted by atomic mass is 10.0. The molecule has 1 amide bonds. The van der Waals surface area contributed by atoms with E-state index in [0.29, 0.717) is 17.4 Å². The topological polar surface area (TPSA) is 111 Å². The van der Waals surface area contributed by atoms with Crippen LogP contribution in [0.15, 0.2) is 72.9 Å². The van der Waals surface area contributed by atoms with E-state index in [2.05, 4.69) is 86.8 Å². The van der Waals surface area contributed by atoms with Crippen LogP contribution in [0.3, 0.4) is 0 Å². The van der Waals surface area contributed by atoms with E-state index in [-0.39, 0.29) is 31.5 Å². The van der Waals surface area contributed by atoms with Crippen LogP contribution in [0.4, 0.5) is 0 Å². The number of amides is 1. The first-order chi connectivity index (χ1) is 38.4. The molecule has 0 bridgehead atoms. The third kappa shape index (κ3) is 59.9. The van der Waals surface area contributed by atoms with E-state index in [0.717, 1.165) is 103 Å². The Kier molecular flexibility index (Phi) is 56.7. The van der Waals surface area contributed by atoms with Gasteiger partial charge in [0.15, 0.2) is 0 Å². The van der Waals surface area contributed by atoms with Crippen molar-refractivity contribution in [1.29, 1.82) is 0 Å². The van der Waals surface area contributed by atoms with Gasteiger partial charge in [0.25, 0.3) is 0 Å². The minimum absolute atomic E-state index is 0.0358. The van der Waals surface area contributed by atoms with Gasteiger partial charge >= 0.3 is 13.8 Å². The van der Waals surface area contributed by atoms with Gasteiger partial charge in [0.1, 0.15) is 19.3 Å². The Hall–Kier alpha value is -2.55. The van der Waals surface area contributed by atoms with E-state index < -0.39 is 20.0 Å². The van der Waals surface area contributed by atoms with Crippen LogP contribution in [0.2, 0.25) is 0 Å². The van der Waals surface area contributed by atoms with Crippen molar-refractivity contribution in [2.24, 2.45) is 0 Å². The zero-order valence-corrected chi connectivity index (χ0v) is 53.5. The smallest absolute Gasteiger partial charge is 0.456 e. The first-order valence-corrected chi connectivity index (χ1v) is 34.8. The first kappa shape index (κ1) is 76.5. The molecule has 0 saturated carbocycles. The molecule has 0 fully saturated rings. The second-order valence-electron chi connectivity index (χ2n) is 23.6. The lowest BCUT2D eigenvalue weighted by molar-refractivity contribution is -0.870. The lowest BCUT2D eigenvalue weighted by Crippen LogP contribution is -2.47. The summed E-state index contributed by atoms with van der Waals surface area (Å²) in [4.78, 5) is 37.8. The van der Waals surface area contributed by atoms with Crippen molar-refractivity contribution >= 4 is 19.7 Å². The molecule has 0 spiro atoms. The molecular weight excluding hydrogens is 1000 g/mol. The number of phosphoric acid groups is 1. The fourth-order valence-electron chi connectivity index (χ4n) is 9.45. The van der Waals surface area contributed by atoms with Gasteiger partial charge in [-0.1, -0.05) is 261 Å². The van der Waals surface area contributed by atoms with Crippen molar-refractivity contribution in [3.05, 3.63) is 72.9 Å². The molecule has 10 heteroatoms. The van der Waals surface area contributed by atoms with Gasteiger partial charge in [0.05, 0.1) is 33.8 Å². The minimum atomic E-state index is -4.46. The van der Waals surface area contributed by atoms with Crippen LogP contribution in [0.25, 0.3) is 0 Å². The van der Waals surface area contributed by atoms with Crippen molar-refractivity contribution in [3.8, 4) is 0 Å². The summed E-state index contributed by atoms with van der Waals surface area (Å²) < 4.78 is 30.8. The Balaban J connectivity index is 5.23. The molecule has 79 heavy (non-hydrogen) atoms. The third-order valence-corrected chi connectivity index (χ3v) is 15.6. The standard InChI is InChI=1S/C69H127N2O7P/c1-7-10-13-16-19-22-25-28-30-32-33-34-35-36-37-39-41-44-47-50-53-56-59-62-69(73)78-67(60-57-54-51-48-45-42-27-24-21-18-15-12-9-3)66(65-77-79(74,75)76-64-63-71(4,5)6)70-68(72)61-58-55-52-49-46-43-40-38-31-29-26-23-20-17-14-11-8-2/h19,22,28-31,33-34,36-37,57,60,66-67H,7-18,20-21,23-27,32,35,38-56,58-59,61-65H2,1-6H3,(H-,70,72,74,75)/p+1/b22-19-,30-28-,31-29+,34-33-,37-36-,60-57-. The maximum Gasteiger partial charge on any atom is 0.472 e. The summed E-state index contributed by atoms with van der Waals surface area (Å²) in [5, 5.41) is 3.06. The Morgan fingerprint density at radius 2 is 0.772 bits per heavy atom. The molecule has 0 aromatic heterocycles. The van der Waals surface area contributed by atoms with E-state index in [9.17, 15) is 19.0 Å². The van der Waals surface area contributed by atoms with Crippen molar-refractivity contribution < 1.29 is 37.3 Å². The molecule has 0 aliphatic carbocycles. The molecule has 0 saturated heterocycles. The third-order valence-electron chi connectivity index (χ3n) is 14.6. The molecule has 0 aromatic carbocycles. The van der Waals surface area contributed by atoms with Crippen LogP contribution in [-0.2, 0) is 27.9 Å². The number of nitrogens with zero attached hydrogens (tertiary/aromatic N) is 1. The predicted molar refractivity (Wildman–Crippen MR) is 341 cm³/mol. The minimum Gasteiger partial charge on any atom is -0.456 e. The highest BCUT2D eigenvalue weighted by molar-refractivity contribution is 7.47. The maximum atomic E-state index is 13.6. The molecule has 3 atom stereocenters. The number of hydrogen-bond acceptors (Lipinski definition) is 6. The monoisotopic (exact) mass is 1130 g/mol. The van der Waals surface area contributed by atoms with Crippen molar-refractivity contribution in [3.63, 3.8) is 0 Å². The second-order valence-corrected chi connectivity index (χ2v) is 25.1. The zero-order valence-electron chi connectivity index (χ0n) is 52.6. The number of quaternary nitrogens is 1. The number of carbonyl (C=O) groups excluding carboxylic acids is 2. The van der Waals surface area contributed by atoms with E-state index in [1.54, 1.807) is 0 Å². The molecule has 9 nitrogen and oxygen atoms in total. The Bertz CT molecular complexity index is 1580. The second kappa shape index (κ2) is 58.6. The number of unbranched alkanes of at least 4 members (excludes halogenated alkanes) is 34. The van der Waals surface area contributed by atoms with Gasteiger partial charge in [-0.15, -0.1) is 0 Å². The predicted octanol–water partition coefficient (Wildman–Crippen LogP) is 20.8. The van der Waals surface area contributed by atoms with Gasteiger partial charge in [-0.2, -0.15) is 0 Å². The number of phosphoric ester groups is 1. The summed E-state index contributed by atoms with van der Waals surface area (Å²) in [5.41, 5.74) is 0. The van der Waals surface area contributed by atoms with Crippen LogP contribution in [-0.4, -0.2) is 74.3 Å². The Labute approximate surface area is 489 Å². The molecule has 0 aromatic rings. The molecule has 3 unspecified atom stereocenters. The highest BCUT2D eigenvalue weighted by Gasteiger charge is 2.30. The average Bonchev–Trinajstić information content (AvgIpc) is 3.41. The van der Waals surface area contributed by atoms with Gasteiger partial charge in [-0.3, -0.25) is 18.6 Å². The highest BCUT2D eigenvalue weighted by Crippen LogP contribution is 2.43. The van der Waals surface area contributed by atoms with E-state index in [1.165, 1.54) is 167 Å². The fourth-order valence-corrected chi connectivity index (χ4v) is 10.2. The van der Waals surface area contributed by atoms with Gasteiger partial charge in [-0.05, 0) is 102 Å². The molecule has 0 radical (unpaired) electrons. The number of esters is 1. The van der Waals surface area contributed by atoms with Crippen molar-refractivity contribution in [2.75, 3.05) is 40.9 Å². The van der Waals surface area contributed by atoms with E-state index in [4.69, 9.17) is 13.8 Å². The number of rotatable bonds is 60. The molecule has 0 heterocycles. The van der Waals surface area contributed by atoms with E-state index in [1.807, 2.05) is 33.3 Å². The van der Waals surface area contributed by atoms with Gasteiger partial charge in [0, 0.05) is 12.8 Å². The number of hydrogen-bond donors (Lipinski definition) is 2. The van der Waals surface area contributed by atoms with Crippen molar-refractivity contribution in [1.82, 2.24) is 5.32 Å². The Morgan fingerprint density at radius 1 is 0.443 bits per heavy atom. The number of carbonyl (C=O) groups is 2. The largest absolute Gasteiger partial charge is 0.472 e. The summed E-state index contributed by atoms with van der Waals surface area (Å²) in [6, 6.07) is -0.858. The summed E-state index contributed by atoms with van der Waals surface area (Å²) in [6.07, 6.45) is 76.1. The lowest BCUT2D eigenvalue weighted by Gasteiger charge is -2.27. The molecule has 2 N–H and O–H groups in total. The summed E-state index contributed by atoms with van der Waals surface area (Å²) in [5.74, 6) is -0.516. The average molecular weight is 1130 g/mol.